The molecular weight excluding hydrogens is 200 g/mol. The van der Waals surface area contributed by atoms with Crippen LogP contribution in [0.4, 0.5) is 0 Å². The van der Waals surface area contributed by atoms with Gasteiger partial charge in [-0.3, -0.25) is 0 Å². The molecule has 94 valence electrons. The van der Waals surface area contributed by atoms with Crippen LogP contribution in [0, 0.1) is 5.92 Å². The third-order valence-electron chi connectivity index (χ3n) is 4.48. The molecule has 2 N–H and O–H groups in total. The van der Waals surface area contributed by atoms with Crippen molar-refractivity contribution < 1.29 is 5.11 Å². The first-order chi connectivity index (χ1) is 7.83. The minimum Gasteiger partial charge on any atom is -0.396 e. The number of hydrogen-bond acceptors (Lipinski definition) is 3. The second kappa shape index (κ2) is 5.99. The van der Waals surface area contributed by atoms with Crippen LogP contribution in [0.15, 0.2) is 0 Å². The fourth-order valence-corrected chi connectivity index (χ4v) is 3.34. The lowest BCUT2D eigenvalue weighted by molar-refractivity contribution is 0.166. The van der Waals surface area contributed by atoms with Gasteiger partial charge in [0, 0.05) is 25.2 Å². The Hall–Kier alpha value is -0.120. The number of aliphatic hydroxyl groups is 1. The first-order valence-electron chi connectivity index (χ1n) is 6.85. The van der Waals surface area contributed by atoms with Gasteiger partial charge in [-0.25, -0.2) is 0 Å². The van der Waals surface area contributed by atoms with E-state index in [2.05, 4.69) is 17.3 Å². The zero-order valence-corrected chi connectivity index (χ0v) is 10.5. The quantitative estimate of drug-likeness (QED) is 0.756. The van der Waals surface area contributed by atoms with Crippen LogP contribution < -0.4 is 5.32 Å². The number of likely N-dealkylation sites (tertiary alicyclic amines) is 1. The molecule has 1 atom stereocenters. The third-order valence-corrected chi connectivity index (χ3v) is 4.48. The van der Waals surface area contributed by atoms with Gasteiger partial charge in [0.25, 0.3) is 0 Å². The van der Waals surface area contributed by atoms with E-state index in [0.29, 0.717) is 6.61 Å². The first kappa shape index (κ1) is 12.3. The van der Waals surface area contributed by atoms with Crippen molar-refractivity contribution in [3.63, 3.8) is 0 Å². The molecule has 2 aliphatic rings. The maximum Gasteiger partial charge on any atom is 0.0434 e. The van der Waals surface area contributed by atoms with Crippen molar-refractivity contribution in [2.75, 3.05) is 26.7 Å². The van der Waals surface area contributed by atoms with Crippen molar-refractivity contribution in [3.8, 4) is 0 Å². The summed E-state index contributed by atoms with van der Waals surface area (Å²) in [6.07, 6.45) is 7.69. The van der Waals surface area contributed by atoms with E-state index in [1.54, 1.807) is 0 Å². The lowest BCUT2D eigenvalue weighted by Crippen LogP contribution is -2.40. The van der Waals surface area contributed by atoms with E-state index in [9.17, 15) is 0 Å². The second-order valence-electron chi connectivity index (χ2n) is 5.46. The maximum atomic E-state index is 8.96. The molecule has 1 unspecified atom stereocenters. The van der Waals surface area contributed by atoms with E-state index in [0.717, 1.165) is 24.4 Å². The number of rotatable bonds is 4. The van der Waals surface area contributed by atoms with E-state index in [-0.39, 0.29) is 0 Å². The van der Waals surface area contributed by atoms with Gasteiger partial charge in [-0.05, 0) is 58.0 Å². The van der Waals surface area contributed by atoms with Crippen molar-refractivity contribution in [1.82, 2.24) is 10.2 Å². The van der Waals surface area contributed by atoms with E-state index in [1.807, 2.05) is 0 Å². The van der Waals surface area contributed by atoms with Crippen LogP contribution in [0.5, 0.6) is 0 Å². The minimum atomic E-state index is 0.366. The second-order valence-corrected chi connectivity index (χ2v) is 5.46. The summed E-state index contributed by atoms with van der Waals surface area (Å²) >= 11 is 0. The van der Waals surface area contributed by atoms with Crippen LogP contribution in [-0.4, -0.2) is 48.8 Å². The first-order valence-corrected chi connectivity index (χ1v) is 6.85. The molecule has 0 aromatic rings. The van der Waals surface area contributed by atoms with Crippen LogP contribution in [0.1, 0.15) is 38.5 Å². The number of hydrogen-bond donors (Lipinski definition) is 2. The Balaban J connectivity index is 1.73. The summed E-state index contributed by atoms with van der Waals surface area (Å²) in [4.78, 5) is 2.67. The molecule has 1 aliphatic carbocycles. The molecule has 0 amide bonds. The van der Waals surface area contributed by atoms with Crippen LogP contribution in [-0.2, 0) is 0 Å². The molecule has 0 aromatic carbocycles. The third kappa shape index (κ3) is 2.96. The van der Waals surface area contributed by atoms with Gasteiger partial charge in [0.2, 0.25) is 0 Å². The highest BCUT2D eigenvalue weighted by Gasteiger charge is 2.30. The smallest absolute Gasteiger partial charge is 0.0434 e. The maximum absolute atomic E-state index is 8.96. The van der Waals surface area contributed by atoms with Crippen molar-refractivity contribution in [1.29, 1.82) is 0 Å². The molecule has 0 radical (unpaired) electrons. The molecular formula is C13H26N2O. The normalized spacial score (nSPS) is 36.8. The molecule has 2 fully saturated rings. The number of nitrogens with one attached hydrogen (secondary N) is 1. The standard InChI is InChI=1S/C13H26N2O/c1-14-12-2-4-13(5-3-12)15-8-6-11(10-15)7-9-16/h11-14,16H,2-10H2,1H3. The van der Waals surface area contributed by atoms with Gasteiger partial charge in [-0.15, -0.1) is 0 Å². The highest BCUT2D eigenvalue weighted by atomic mass is 16.3. The molecule has 2 rings (SSSR count). The number of aliphatic hydroxyl groups excluding tert-OH is 1. The van der Waals surface area contributed by atoms with Gasteiger partial charge in [0.1, 0.15) is 0 Å². The van der Waals surface area contributed by atoms with E-state index >= 15 is 0 Å². The monoisotopic (exact) mass is 226 g/mol. The average molecular weight is 226 g/mol. The summed E-state index contributed by atoms with van der Waals surface area (Å²) in [6, 6.07) is 1.58. The molecule has 1 aliphatic heterocycles. The summed E-state index contributed by atoms with van der Waals surface area (Å²) in [5.74, 6) is 0.757. The summed E-state index contributed by atoms with van der Waals surface area (Å²) in [6.45, 7) is 2.86. The predicted octanol–water partition coefficient (Wildman–Crippen LogP) is 1.22. The van der Waals surface area contributed by atoms with Crippen molar-refractivity contribution in [3.05, 3.63) is 0 Å². The summed E-state index contributed by atoms with van der Waals surface area (Å²) in [5.41, 5.74) is 0. The zero-order valence-electron chi connectivity index (χ0n) is 10.5. The molecule has 0 bridgehead atoms. The topological polar surface area (TPSA) is 35.5 Å². The van der Waals surface area contributed by atoms with E-state index < -0.39 is 0 Å². The van der Waals surface area contributed by atoms with Crippen LogP contribution >= 0.6 is 0 Å². The van der Waals surface area contributed by atoms with Crippen molar-refractivity contribution in [2.24, 2.45) is 5.92 Å². The predicted molar refractivity (Wildman–Crippen MR) is 66.5 cm³/mol. The number of nitrogens with zero attached hydrogens (tertiary/aromatic N) is 1. The van der Waals surface area contributed by atoms with Crippen LogP contribution in [0.25, 0.3) is 0 Å². The van der Waals surface area contributed by atoms with Crippen molar-refractivity contribution >= 4 is 0 Å². The highest BCUT2D eigenvalue weighted by molar-refractivity contribution is 4.86. The van der Waals surface area contributed by atoms with Gasteiger partial charge in [-0.2, -0.15) is 0 Å². The van der Waals surface area contributed by atoms with Crippen LogP contribution in [0.3, 0.4) is 0 Å². The Morgan fingerprint density at radius 2 is 1.94 bits per heavy atom. The SMILES string of the molecule is CNC1CCC(N2CCC(CCO)C2)CC1. The van der Waals surface area contributed by atoms with Crippen molar-refractivity contribution in [2.45, 2.75) is 50.6 Å². The molecule has 1 saturated carbocycles. The summed E-state index contributed by atoms with van der Waals surface area (Å²) < 4.78 is 0. The van der Waals surface area contributed by atoms with Gasteiger partial charge in [0.15, 0.2) is 0 Å². The molecule has 1 heterocycles. The lowest BCUT2D eigenvalue weighted by atomic mass is 9.90. The molecule has 0 spiro atoms. The average Bonchev–Trinajstić information content (AvgIpc) is 2.78. The Labute approximate surface area is 99.2 Å². The Morgan fingerprint density at radius 3 is 2.56 bits per heavy atom. The molecule has 16 heavy (non-hydrogen) atoms. The summed E-state index contributed by atoms with van der Waals surface area (Å²) in [5, 5.41) is 12.4. The van der Waals surface area contributed by atoms with Crippen LogP contribution in [0.2, 0.25) is 0 Å². The fraction of sp³-hybridized carbons (Fsp3) is 1.00. The molecule has 0 aromatic heterocycles. The zero-order chi connectivity index (χ0) is 11.4. The highest BCUT2D eigenvalue weighted by Crippen LogP contribution is 2.28. The van der Waals surface area contributed by atoms with Gasteiger partial charge < -0.3 is 15.3 Å². The lowest BCUT2D eigenvalue weighted by Gasteiger charge is -2.34. The van der Waals surface area contributed by atoms with Gasteiger partial charge in [-0.1, -0.05) is 0 Å². The minimum absolute atomic E-state index is 0.366. The van der Waals surface area contributed by atoms with Gasteiger partial charge >= 0.3 is 0 Å². The molecule has 3 heteroatoms. The fourth-order valence-electron chi connectivity index (χ4n) is 3.34. The largest absolute Gasteiger partial charge is 0.396 e. The van der Waals surface area contributed by atoms with E-state index in [1.165, 1.54) is 45.2 Å². The Kier molecular flexibility index (Phi) is 4.62. The Morgan fingerprint density at radius 1 is 1.19 bits per heavy atom. The molecule has 3 nitrogen and oxygen atoms in total. The van der Waals surface area contributed by atoms with Gasteiger partial charge in [0.05, 0.1) is 0 Å². The van der Waals surface area contributed by atoms with E-state index in [4.69, 9.17) is 5.11 Å². The summed E-state index contributed by atoms with van der Waals surface area (Å²) in [7, 11) is 2.08. The Bertz CT molecular complexity index is 202. The molecule has 1 saturated heterocycles.